The minimum absolute atomic E-state index is 0.259. The SMILES string of the molecule is Cc1c(N)cccc1C(=O)Nc1c(F)cccc1C(=O)O. The minimum Gasteiger partial charge on any atom is -0.478 e. The molecule has 2 rings (SSSR count). The molecule has 6 heteroatoms. The van der Waals surface area contributed by atoms with Gasteiger partial charge in [0.25, 0.3) is 5.91 Å². The number of halogens is 1. The molecule has 0 aliphatic rings. The Kier molecular flexibility index (Phi) is 3.89. The molecule has 0 radical (unpaired) electrons. The van der Waals surface area contributed by atoms with Gasteiger partial charge in [-0.15, -0.1) is 0 Å². The highest BCUT2D eigenvalue weighted by molar-refractivity contribution is 6.09. The Balaban J connectivity index is 2.41. The van der Waals surface area contributed by atoms with Gasteiger partial charge in [-0.2, -0.15) is 0 Å². The molecule has 0 atom stereocenters. The first-order valence-electron chi connectivity index (χ1n) is 6.10. The highest BCUT2D eigenvalue weighted by Crippen LogP contribution is 2.22. The molecule has 0 aliphatic heterocycles. The normalized spacial score (nSPS) is 10.2. The number of nitrogen functional groups attached to an aromatic ring is 1. The Hall–Kier alpha value is -2.89. The van der Waals surface area contributed by atoms with E-state index in [9.17, 15) is 14.0 Å². The number of nitrogens with two attached hydrogens (primary N) is 1. The van der Waals surface area contributed by atoms with Crippen molar-refractivity contribution in [1.82, 2.24) is 0 Å². The molecule has 0 aliphatic carbocycles. The van der Waals surface area contributed by atoms with Crippen LogP contribution in [0.15, 0.2) is 36.4 Å². The maximum Gasteiger partial charge on any atom is 0.337 e. The second-order valence-corrected chi connectivity index (χ2v) is 4.44. The number of amides is 1. The van der Waals surface area contributed by atoms with Crippen molar-refractivity contribution in [3.63, 3.8) is 0 Å². The molecule has 0 unspecified atom stereocenters. The summed E-state index contributed by atoms with van der Waals surface area (Å²) in [5, 5.41) is 11.3. The molecule has 0 heterocycles. The number of benzene rings is 2. The van der Waals surface area contributed by atoms with Crippen molar-refractivity contribution in [2.24, 2.45) is 0 Å². The quantitative estimate of drug-likeness (QED) is 0.757. The van der Waals surface area contributed by atoms with Crippen molar-refractivity contribution < 1.29 is 19.1 Å². The van der Waals surface area contributed by atoms with Crippen LogP contribution in [0.2, 0.25) is 0 Å². The van der Waals surface area contributed by atoms with Crippen LogP contribution in [0.5, 0.6) is 0 Å². The smallest absolute Gasteiger partial charge is 0.337 e. The summed E-state index contributed by atoms with van der Waals surface area (Å²) in [4.78, 5) is 23.3. The van der Waals surface area contributed by atoms with Gasteiger partial charge in [0.2, 0.25) is 0 Å². The van der Waals surface area contributed by atoms with Gasteiger partial charge in [-0.3, -0.25) is 4.79 Å². The van der Waals surface area contributed by atoms with Crippen molar-refractivity contribution in [2.45, 2.75) is 6.92 Å². The summed E-state index contributed by atoms with van der Waals surface area (Å²) in [5.41, 5.74) is 6.26. The second-order valence-electron chi connectivity index (χ2n) is 4.44. The Morgan fingerprint density at radius 3 is 2.43 bits per heavy atom. The number of para-hydroxylation sites is 1. The molecule has 0 bridgehead atoms. The zero-order valence-corrected chi connectivity index (χ0v) is 11.2. The summed E-state index contributed by atoms with van der Waals surface area (Å²) in [7, 11) is 0. The fraction of sp³-hybridized carbons (Fsp3) is 0.0667. The molecule has 5 nitrogen and oxygen atoms in total. The third kappa shape index (κ3) is 2.84. The van der Waals surface area contributed by atoms with E-state index in [0.717, 1.165) is 6.07 Å². The molecule has 0 spiro atoms. The van der Waals surface area contributed by atoms with Gasteiger partial charge in [0, 0.05) is 11.3 Å². The molecule has 0 fully saturated rings. The van der Waals surface area contributed by atoms with Crippen LogP contribution in [0, 0.1) is 12.7 Å². The van der Waals surface area contributed by atoms with Crippen molar-refractivity contribution in [3.05, 3.63) is 58.9 Å². The van der Waals surface area contributed by atoms with Crippen LogP contribution in [0.4, 0.5) is 15.8 Å². The van der Waals surface area contributed by atoms with Crippen LogP contribution >= 0.6 is 0 Å². The first-order chi connectivity index (χ1) is 9.91. The predicted molar refractivity (Wildman–Crippen MR) is 76.9 cm³/mol. The van der Waals surface area contributed by atoms with E-state index in [1.54, 1.807) is 19.1 Å². The Morgan fingerprint density at radius 2 is 1.76 bits per heavy atom. The van der Waals surface area contributed by atoms with E-state index < -0.39 is 17.7 Å². The van der Waals surface area contributed by atoms with Crippen LogP contribution in [-0.4, -0.2) is 17.0 Å². The first-order valence-corrected chi connectivity index (χ1v) is 6.10. The molecule has 4 N–H and O–H groups in total. The summed E-state index contributed by atoms with van der Waals surface area (Å²) in [6, 6.07) is 8.32. The summed E-state index contributed by atoms with van der Waals surface area (Å²) in [6.07, 6.45) is 0. The lowest BCUT2D eigenvalue weighted by Crippen LogP contribution is -2.17. The van der Waals surface area contributed by atoms with Gasteiger partial charge in [-0.05, 0) is 36.8 Å². The van der Waals surface area contributed by atoms with E-state index in [-0.39, 0.29) is 16.8 Å². The molecule has 2 aromatic carbocycles. The number of carbonyl (C=O) groups excluding carboxylic acids is 1. The molecule has 0 saturated carbocycles. The Labute approximate surface area is 120 Å². The van der Waals surface area contributed by atoms with Gasteiger partial charge in [-0.25, -0.2) is 9.18 Å². The van der Waals surface area contributed by atoms with Gasteiger partial charge in [0.05, 0.1) is 11.3 Å². The zero-order valence-electron chi connectivity index (χ0n) is 11.2. The minimum atomic E-state index is -1.32. The largest absolute Gasteiger partial charge is 0.478 e. The van der Waals surface area contributed by atoms with Crippen molar-refractivity contribution in [3.8, 4) is 0 Å². The monoisotopic (exact) mass is 288 g/mol. The average molecular weight is 288 g/mol. The number of carbonyl (C=O) groups is 2. The second kappa shape index (κ2) is 5.62. The van der Waals surface area contributed by atoms with Crippen molar-refractivity contribution >= 4 is 23.3 Å². The lowest BCUT2D eigenvalue weighted by molar-refractivity contribution is 0.0697. The van der Waals surface area contributed by atoms with Crippen LogP contribution in [0.1, 0.15) is 26.3 Å². The lowest BCUT2D eigenvalue weighted by Gasteiger charge is -2.12. The maximum absolute atomic E-state index is 13.8. The van der Waals surface area contributed by atoms with Gasteiger partial charge in [0.15, 0.2) is 0 Å². The number of carboxylic acid groups (broad SMARTS) is 1. The van der Waals surface area contributed by atoms with Crippen LogP contribution in [0.3, 0.4) is 0 Å². The number of carboxylic acids is 1. The van der Waals surface area contributed by atoms with Crippen LogP contribution in [0.25, 0.3) is 0 Å². The summed E-state index contributed by atoms with van der Waals surface area (Å²) < 4.78 is 13.8. The van der Waals surface area contributed by atoms with E-state index in [4.69, 9.17) is 10.8 Å². The summed E-state index contributed by atoms with van der Waals surface area (Å²) in [6.45, 7) is 1.66. The molecule has 2 aromatic rings. The van der Waals surface area contributed by atoms with Crippen molar-refractivity contribution in [2.75, 3.05) is 11.1 Å². The molecular formula is C15H13FN2O3. The van der Waals surface area contributed by atoms with Crippen molar-refractivity contribution in [1.29, 1.82) is 0 Å². The predicted octanol–water partition coefficient (Wildman–Crippen LogP) is 2.67. The average Bonchev–Trinajstić information content (AvgIpc) is 2.43. The third-order valence-corrected chi connectivity index (χ3v) is 3.10. The standard InChI is InChI=1S/C15H13FN2O3/c1-8-9(4-3-7-12(8)17)14(19)18-13-10(15(20)21)5-2-6-11(13)16/h2-7H,17H2,1H3,(H,18,19)(H,20,21). The van der Waals surface area contributed by atoms with Crippen LogP contribution in [-0.2, 0) is 0 Å². The van der Waals surface area contributed by atoms with Gasteiger partial charge < -0.3 is 16.2 Å². The number of nitrogens with one attached hydrogen (secondary N) is 1. The molecule has 0 saturated heterocycles. The highest BCUT2D eigenvalue weighted by atomic mass is 19.1. The van der Waals surface area contributed by atoms with Gasteiger partial charge >= 0.3 is 5.97 Å². The van der Waals surface area contributed by atoms with E-state index in [1.165, 1.54) is 18.2 Å². The number of aromatic carboxylic acids is 1. The maximum atomic E-state index is 13.8. The van der Waals surface area contributed by atoms with E-state index in [0.29, 0.717) is 11.3 Å². The van der Waals surface area contributed by atoms with E-state index >= 15 is 0 Å². The fourth-order valence-electron chi connectivity index (χ4n) is 1.91. The van der Waals surface area contributed by atoms with E-state index in [2.05, 4.69) is 5.32 Å². The zero-order chi connectivity index (χ0) is 15.6. The number of rotatable bonds is 3. The number of anilines is 2. The molecular weight excluding hydrogens is 275 g/mol. The molecule has 0 aromatic heterocycles. The fourth-order valence-corrected chi connectivity index (χ4v) is 1.91. The van der Waals surface area contributed by atoms with Gasteiger partial charge in [-0.1, -0.05) is 12.1 Å². The molecule has 108 valence electrons. The summed E-state index contributed by atoms with van der Waals surface area (Å²) in [5.74, 6) is -2.76. The van der Waals surface area contributed by atoms with E-state index in [1.807, 2.05) is 0 Å². The van der Waals surface area contributed by atoms with Crippen LogP contribution < -0.4 is 11.1 Å². The number of hydrogen-bond acceptors (Lipinski definition) is 3. The lowest BCUT2D eigenvalue weighted by atomic mass is 10.1. The Morgan fingerprint density at radius 1 is 1.14 bits per heavy atom. The third-order valence-electron chi connectivity index (χ3n) is 3.10. The molecule has 1 amide bonds. The first kappa shape index (κ1) is 14.5. The topological polar surface area (TPSA) is 92.4 Å². The Bertz CT molecular complexity index is 729. The number of hydrogen-bond donors (Lipinski definition) is 3. The highest BCUT2D eigenvalue weighted by Gasteiger charge is 2.18. The van der Waals surface area contributed by atoms with Gasteiger partial charge in [0.1, 0.15) is 5.82 Å². The summed E-state index contributed by atoms with van der Waals surface area (Å²) >= 11 is 0. The molecule has 21 heavy (non-hydrogen) atoms.